The molecule has 1 fully saturated rings. The van der Waals surface area contributed by atoms with Crippen molar-refractivity contribution in [2.75, 3.05) is 12.3 Å². The van der Waals surface area contributed by atoms with Crippen molar-refractivity contribution in [1.82, 2.24) is 14.9 Å². The van der Waals surface area contributed by atoms with Gasteiger partial charge in [-0.3, -0.25) is 4.21 Å². The third kappa shape index (κ3) is 4.39. The number of ether oxygens (including phenoxy) is 1. The number of H-pyrrole nitrogens is 1. The second-order valence-corrected chi connectivity index (χ2v) is 8.81. The minimum atomic E-state index is -1.29. The molecule has 0 saturated carbocycles. The van der Waals surface area contributed by atoms with E-state index >= 15 is 0 Å². The van der Waals surface area contributed by atoms with Gasteiger partial charge in [-0.1, -0.05) is 12.1 Å². The van der Waals surface area contributed by atoms with Gasteiger partial charge in [-0.05, 0) is 52.2 Å². The van der Waals surface area contributed by atoms with Gasteiger partial charge in [0.15, 0.2) is 5.16 Å². The molecule has 2 aromatic rings. The smallest absolute Gasteiger partial charge is 0.410 e. The van der Waals surface area contributed by atoms with Gasteiger partial charge in [0, 0.05) is 12.6 Å². The topological polar surface area (TPSA) is 75.3 Å². The molecule has 1 saturated heterocycles. The number of imidazole rings is 1. The molecule has 1 amide bonds. The zero-order valence-corrected chi connectivity index (χ0v) is 15.8. The van der Waals surface area contributed by atoms with Gasteiger partial charge in [-0.25, -0.2) is 9.78 Å². The molecule has 136 valence electrons. The fourth-order valence-corrected chi connectivity index (χ4v) is 4.30. The zero-order chi connectivity index (χ0) is 18.0. The summed E-state index contributed by atoms with van der Waals surface area (Å²) in [6, 6.07) is 7.54. The van der Waals surface area contributed by atoms with Crippen LogP contribution in [0.2, 0.25) is 0 Å². The molecular weight excluding hydrogens is 338 g/mol. The molecule has 0 bridgehead atoms. The van der Waals surface area contributed by atoms with Crippen LogP contribution in [-0.2, 0) is 15.5 Å². The van der Waals surface area contributed by atoms with Crippen molar-refractivity contribution >= 4 is 27.9 Å². The van der Waals surface area contributed by atoms with Crippen LogP contribution in [0.1, 0.15) is 40.0 Å². The maximum atomic E-state index is 12.8. The molecule has 1 N–H and O–H groups in total. The van der Waals surface area contributed by atoms with Crippen LogP contribution < -0.4 is 0 Å². The molecule has 1 aromatic heterocycles. The first-order valence-corrected chi connectivity index (χ1v) is 9.98. The lowest BCUT2D eigenvalue weighted by Gasteiger charge is -2.36. The van der Waals surface area contributed by atoms with E-state index in [0.717, 1.165) is 30.3 Å². The number of amides is 1. The Hall–Kier alpha value is -1.89. The second kappa shape index (κ2) is 7.15. The molecule has 7 heteroatoms. The highest BCUT2D eigenvalue weighted by Crippen LogP contribution is 2.22. The number of fused-ring (bicyclic) bond motifs is 1. The van der Waals surface area contributed by atoms with Crippen LogP contribution in [0.25, 0.3) is 11.0 Å². The summed E-state index contributed by atoms with van der Waals surface area (Å²) in [5.41, 5.74) is 1.15. The number of carbonyl (C=O) groups excluding carboxylic acids is 1. The molecule has 1 aliphatic rings. The van der Waals surface area contributed by atoms with E-state index in [2.05, 4.69) is 9.97 Å². The van der Waals surface area contributed by atoms with E-state index in [4.69, 9.17) is 4.74 Å². The van der Waals surface area contributed by atoms with Crippen LogP contribution in [0.4, 0.5) is 4.79 Å². The van der Waals surface area contributed by atoms with Crippen molar-refractivity contribution in [3.8, 4) is 0 Å². The first kappa shape index (κ1) is 17.9. The zero-order valence-electron chi connectivity index (χ0n) is 14.9. The number of hydrogen-bond acceptors (Lipinski definition) is 4. The quantitative estimate of drug-likeness (QED) is 0.906. The van der Waals surface area contributed by atoms with Crippen LogP contribution in [-0.4, -0.2) is 49.1 Å². The van der Waals surface area contributed by atoms with Crippen LogP contribution in [0, 0.1) is 0 Å². The Morgan fingerprint density at radius 2 is 2.12 bits per heavy atom. The molecule has 3 rings (SSSR count). The molecule has 1 aliphatic heterocycles. The first-order valence-electron chi connectivity index (χ1n) is 8.66. The average Bonchev–Trinajstić information content (AvgIpc) is 2.98. The van der Waals surface area contributed by atoms with Crippen LogP contribution >= 0.6 is 0 Å². The fraction of sp³-hybridized carbons (Fsp3) is 0.556. The van der Waals surface area contributed by atoms with E-state index in [0.29, 0.717) is 17.5 Å². The SMILES string of the molecule is CC(C)(C)OC(=O)N1CCCC[C@@H]1C[S@](=O)c1nc2ccccc2[nH]1. The number of likely N-dealkylation sites (tertiary alicyclic amines) is 1. The summed E-state index contributed by atoms with van der Waals surface area (Å²) in [4.78, 5) is 21.7. The summed E-state index contributed by atoms with van der Waals surface area (Å²) in [7, 11) is -1.29. The fourth-order valence-electron chi connectivity index (χ4n) is 3.03. The highest BCUT2D eigenvalue weighted by atomic mass is 32.2. The highest BCUT2D eigenvalue weighted by Gasteiger charge is 2.32. The molecule has 0 radical (unpaired) electrons. The third-order valence-corrected chi connectivity index (χ3v) is 5.49. The summed E-state index contributed by atoms with van der Waals surface area (Å²) in [5, 5.41) is 0.468. The number of rotatable bonds is 3. The molecular formula is C18H25N3O3S. The molecule has 1 aromatic carbocycles. The van der Waals surface area contributed by atoms with Crippen molar-refractivity contribution in [3.63, 3.8) is 0 Å². The average molecular weight is 363 g/mol. The van der Waals surface area contributed by atoms with Gasteiger partial charge in [0.05, 0.1) is 27.6 Å². The maximum absolute atomic E-state index is 12.8. The lowest BCUT2D eigenvalue weighted by Crippen LogP contribution is -2.48. The van der Waals surface area contributed by atoms with Crippen molar-refractivity contribution in [2.45, 2.75) is 56.8 Å². The molecule has 6 nitrogen and oxygen atoms in total. The lowest BCUT2D eigenvalue weighted by molar-refractivity contribution is 0.0125. The van der Waals surface area contributed by atoms with E-state index < -0.39 is 16.4 Å². The summed E-state index contributed by atoms with van der Waals surface area (Å²) in [6.07, 6.45) is 2.50. The predicted octanol–water partition coefficient (Wildman–Crippen LogP) is 3.46. The Morgan fingerprint density at radius 1 is 1.36 bits per heavy atom. The largest absolute Gasteiger partial charge is 0.444 e. The van der Waals surface area contributed by atoms with E-state index in [1.165, 1.54) is 0 Å². The van der Waals surface area contributed by atoms with Gasteiger partial charge in [0.2, 0.25) is 0 Å². The van der Waals surface area contributed by atoms with E-state index in [1.807, 2.05) is 45.0 Å². The number of aromatic nitrogens is 2. The maximum Gasteiger partial charge on any atom is 0.410 e. The Kier molecular flexibility index (Phi) is 5.13. The van der Waals surface area contributed by atoms with Gasteiger partial charge in [-0.2, -0.15) is 0 Å². The molecule has 0 unspecified atom stereocenters. The van der Waals surface area contributed by atoms with Crippen molar-refractivity contribution in [1.29, 1.82) is 0 Å². The number of carbonyl (C=O) groups is 1. The minimum absolute atomic E-state index is 0.0855. The second-order valence-electron chi connectivity index (χ2n) is 7.39. The number of aromatic amines is 1. The Morgan fingerprint density at radius 3 is 2.84 bits per heavy atom. The number of benzene rings is 1. The standard InChI is InChI=1S/C18H25N3O3S/c1-18(2,3)24-17(22)21-11-7-6-8-13(21)12-25(23)16-19-14-9-4-5-10-15(14)20-16/h4-5,9-10,13H,6-8,11-12H2,1-3H3,(H,19,20)/t13-,25+/m1/s1. The Balaban J connectivity index is 1.72. The van der Waals surface area contributed by atoms with Crippen LogP contribution in [0.3, 0.4) is 0 Å². The molecule has 25 heavy (non-hydrogen) atoms. The molecule has 2 atom stereocenters. The number of hydrogen-bond donors (Lipinski definition) is 1. The van der Waals surface area contributed by atoms with E-state index in [9.17, 15) is 9.00 Å². The number of nitrogens with one attached hydrogen (secondary N) is 1. The van der Waals surface area contributed by atoms with Crippen molar-refractivity contribution in [3.05, 3.63) is 24.3 Å². The molecule has 0 spiro atoms. The van der Waals surface area contributed by atoms with Gasteiger partial charge in [0.1, 0.15) is 5.60 Å². The van der Waals surface area contributed by atoms with E-state index in [-0.39, 0.29) is 12.1 Å². The van der Waals surface area contributed by atoms with Crippen molar-refractivity contribution in [2.24, 2.45) is 0 Å². The molecule has 2 heterocycles. The monoisotopic (exact) mass is 363 g/mol. The van der Waals surface area contributed by atoms with Crippen LogP contribution in [0.5, 0.6) is 0 Å². The summed E-state index contributed by atoms with van der Waals surface area (Å²) in [6.45, 7) is 6.22. The lowest BCUT2D eigenvalue weighted by atomic mass is 10.0. The van der Waals surface area contributed by atoms with Crippen molar-refractivity contribution < 1.29 is 13.7 Å². The van der Waals surface area contributed by atoms with Gasteiger partial charge < -0.3 is 14.6 Å². The number of para-hydroxylation sites is 2. The predicted molar refractivity (Wildman–Crippen MR) is 97.9 cm³/mol. The summed E-state index contributed by atoms with van der Waals surface area (Å²) < 4.78 is 18.3. The Bertz CT molecular complexity index is 748. The minimum Gasteiger partial charge on any atom is -0.444 e. The van der Waals surface area contributed by atoms with Crippen LogP contribution in [0.15, 0.2) is 29.4 Å². The summed E-state index contributed by atoms with van der Waals surface area (Å²) >= 11 is 0. The highest BCUT2D eigenvalue weighted by molar-refractivity contribution is 7.84. The van der Waals surface area contributed by atoms with Gasteiger partial charge in [-0.15, -0.1) is 0 Å². The number of nitrogens with zero attached hydrogens (tertiary/aromatic N) is 2. The normalized spacial score (nSPS) is 19.8. The van der Waals surface area contributed by atoms with Gasteiger partial charge in [0.25, 0.3) is 0 Å². The third-order valence-electron chi connectivity index (χ3n) is 4.18. The van der Waals surface area contributed by atoms with E-state index in [1.54, 1.807) is 4.90 Å². The number of piperidine rings is 1. The summed E-state index contributed by atoms with van der Waals surface area (Å²) in [5.74, 6) is 0.374. The molecule has 0 aliphatic carbocycles. The Labute approximate surface area is 150 Å². The van der Waals surface area contributed by atoms with Gasteiger partial charge >= 0.3 is 6.09 Å². The first-order chi connectivity index (χ1) is 11.8.